The highest BCUT2D eigenvalue weighted by Gasteiger charge is 2.51. The molecule has 0 unspecified atom stereocenters. The number of nitrogens with one attached hydrogen (secondary N) is 1. The van der Waals surface area contributed by atoms with E-state index in [1.165, 1.54) is 17.0 Å². The van der Waals surface area contributed by atoms with E-state index in [4.69, 9.17) is 0 Å². The van der Waals surface area contributed by atoms with Crippen LogP contribution in [0.15, 0.2) is 59.5 Å². The van der Waals surface area contributed by atoms with Crippen LogP contribution in [0, 0.1) is 6.92 Å². The molecule has 2 aliphatic rings. The minimum atomic E-state index is -3.94. The van der Waals surface area contributed by atoms with Gasteiger partial charge in [-0.1, -0.05) is 49.2 Å². The number of piperazine rings is 1. The van der Waals surface area contributed by atoms with Crippen molar-refractivity contribution in [3.8, 4) is 0 Å². The lowest BCUT2D eigenvalue weighted by molar-refractivity contribution is -0.133. The highest BCUT2D eigenvalue weighted by Crippen LogP contribution is 2.34. The largest absolute Gasteiger partial charge is 0.351 e. The van der Waals surface area contributed by atoms with Gasteiger partial charge in [-0.25, -0.2) is 8.42 Å². The molecule has 32 heavy (non-hydrogen) atoms. The van der Waals surface area contributed by atoms with Gasteiger partial charge in [0.15, 0.2) is 0 Å². The molecule has 1 aliphatic carbocycles. The molecule has 1 saturated carbocycles. The van der Waals surface area contributed by atoms with Gasteiger partial charge in [-0.3, -0.25) is 14.5 Å². The minimum absolute atomic E-state index is 0.0502. The molecule has 1 saturated heterocycles. The zero-order valence-corrected chi connectivity index (χ0v) is 19.3. The molecule has 0 bridgehead atoms. The van der Waals surface area contributed by atoms with Crippen molar-refractivity contribution < 1.29 is 18.0 Å². The predicted octanol–water partition coefficient (Wildman–Crippen LogP) is 2.85. The van der Waals surface area contributed by atoms with Gasteiger partial charge in [-0.2, -0.15) is 4.31 Å². The van der Waals surface area contributed by atoms with Gasteiger partial charge in [0.05, 0.1) is 11.4 Å². The van der Waals surface area contributed by atoms with Gasteiger partial charge < -0.3 is 5.32 Å². The summed E-state index contributed by atoms with van der Waals surface area (Å²) in [4.78, 5) is 28.6. The molecule has 2 aromatic carbocycles. The Kier molecular flexibility index (Phi) is 6.09. The first-order valence-corrected chi connectivity index (χ1v) is 12.4. The standard InChI is InChI=1S/C24H29N3O4S/c1-18-10-6-9-15-21(18)27-22(28)16-26(32(30,31)20-13-4-3-5-14-20)17-24(27,2)23(29)25-19-11-7-8-12-19/h3-6,9-10,13-15,19H,7-8,11-12,16-17H2,1-2H3,(H,25,29)/t24-/m0/s1. The second-order valence-electron chi connectivity index (χ2n) is 8.83. The molecule has 0 aromatic heterocycles. The highest BCUT2D eigenvalue weighted by molar-refractivity contribution is 7.89. The highest BCUT2D eigenvalue weighted by atomic mass is 32.2. The van der Waals surface area contributed by atoms with E-state index in [2.05, 4.69) is 5.32 Å². The second-order valence-corrected chi connectivity index (χ2v) is 10.8. The van der Waals surface area contributed by atoms with Crippen LogP contribution < -0.4 is 10.2 Å². The Morgan fingerprint density at radius 3 is 2.31 bits per heavy atom. The van der Waals surface area contributed by atoms with E-state index in [0.29, 0.717) is 5.69 Å². The maximum absolute atomic E-state index is 13.6. The number of rotatable bonds is 5. The van der Waals surface area contributed by atoms with Crippen molar-refractivity contribution in [1.82, 2.24) is 9.62 Å². The van der Waals surface area contributed by atoms with Gasteiger partial charge in [0.1, 0.15) is 5.54 Å². The minimum Gasteiger partial charge on any atom is -0.351 e. The second kappa shape index (κ2) is 8.67. The van der Waals surface area contributed by atoms with Gasteiger partial charge in [-0.15, -0.1) is 0 Å². The predicted molar refractivity (Wildman–Crippen MR) is 123 cm³/mol. The van der Waals surface area contributed by atoms with Gasteiger partial charge in [0.25, 0.3) is 0 Å². The Bertz CT molecular complexity index is 1110. The van der Waals surface area contributed by atoms with Crippen LogP contribution in [0.1, 0.15) is 38.2 Å². The SMILES string of the molecule is Cc1ccccc1N1C(=O)CN(S(=O)(=O)c2ccccc2)C[C@@]1(C)C(=O)NC1CCCC1. The number of hydrogen-bond acceptors (Lipinski definition) is 4. The summed E-state index contributed by atoms with van der Waals surface area (Å²) in [5.41, 5.74) is 0.0877. The van der Waals surface area contributed by atoms with Gasteiger partial charge in [-0.05, 0) is 50.5 Å². The van der Waals surface area contributed by atoms with Crippen molar-refractivity contribution in [2.24, 2.45) is 0 Å². The number of carbonyl (C=O) groups excluding carboxylic acids is 2. The molecule has 8 heteroatoms. The average molecular weight is 456 g/mol. The molecule has 7 nitrogen and oxygen atoms in total. The Morgan fingerprint density at radius 1 is 1.03 bits per heavy atom. The third-order valence-corrected chi connectivity index (χ3v) is 8.26. The van der Waals surface area contributed by atoms with Crippen molar-refractivity contribution in [2.45, 2.75) is 56.0 Å². The average Bonchev–Trinajstić information content (AvgIpc) is 3.28. The molecule has 2 fully saturated rings. The van der Waals surface area contributed by atoms with Crippen LogP contribution in [0.25, 0.3) is 0 Å². The van der Waals surface area contributed by atoms with Crippen molar-refractivity contribution in [1.29, 1.82) is 0 Å². The molecule has 2 aromatic rings. The van der Waals surface area contributed by atoms with Crippen LogP contribution in [-0.4, -0.2) is 49.2 Å². The molecular weight excluding hydrogens is 426 g/mol. The Balaban J connectivity index is 1.75. The molecule has 2 amide bonds. The van der Waals surface area contributed by atoms with E-state index in [1.807, 2.05) is 25.1 Å². The van der Waals surface area contributed by atoms with Gasteiger partial charge >= 0.3 is 0 Å². The normalized spacial score (nSPS) is 22.8. The number of benzene rings is 2. The summed E-state index contributed by atoms with van der Waals surface area (Å²) < 4.78 is 27.8. The maximum atomic E-state index is 13.6. The van der Waals surface area contributed by atoms with Crippen LogP contribution in [0.4, 0.5) is 5.69 Å². The number of hydrogen-bond donors (Lipinski definition) is 1. The number of para-hydroxylation sites is 1. The zero-order chi connectivity index (χ0) is 22.9. The van der Waals surface area contributed by atoms with Gasteiger partial charge in [0.2, 0.25) is 21.8 Å². The maximum Gasteiger partial charge on any atom is 0.247 e. The van der Waals surface area contributed by atoms with Crippen LogP contribution >= 0.6 is 0 Å². The third-order valence-electron chi connectivity index (χ3n) is 6.46. The van der Waals surface area contributed by atoms with Crippen molar-refractivity contribution >= 4 is 27.5 Å². The topological polar surface area (TPSA) is 86.8 Å². The van der Waals surface area contributed by atoms with E-state index in [-0.39, 0.29) is 29.9 Å². The fraction of sp³-hybridized carbons (Fsp3) is 0.417. The van der Waals surface area contributed by atoms with E-state index >= 15 is 0 Å². The van der Waals surface area contributed by atoms with Crippen LogP contribution in [0.5, 0.6) is 0 Å². The van der Waals surface area contributed by atoms with Gasteiger partial charge in [0, 0.05) is 18.3 Å². The molecule has 1 aliphatic heterocycles. The number of nitrogens with zero attached hydrogens (tertiary/aromatic N) is 2. The Hall–Kier alpha value is -2.71. The summed E-state index contributed by atoms with van der Waals surface area (Å²) in [5.74, 6) is -0.747. The van der Waals surface area contributed by atoms with E-state index in [1.54, 1.807) is 31.2 Å². The molecular formula is C24H29N3O4S. The van der Waals surface area contributed by atoms with E-state index < -0.39 is 21.5 Å². The number of carbonyl (C=O) groups is 2. The number of amides is 2. The zero-order valence-electron chi connectivity index (χ0n) is 18.5. The molecule has 4 rings (SSSR count). The Labute approximate surface area is 189 Å². The summed E-state index contributed by atoms with van der Waals surface area (Å²) in [7, 11) is -3.94. The Morgan fingerprint density at radius 2 is 1.66 bits per heavy atom. The van der Waals surface area contributed by atoms with E-state index in [9.17, 15) is 18.0 Å². The summed E-state index contributed by atoms with van der Waals surface area (Å²) in [6, 6.07) is 15.4. The van der Waals surface area contributed by atoms with E-state index in [0.717, 1.165) is 35.6 Å². The third kappa shape index (κ3) is 4.04. The number of anilines is 1. The van der Waals surface area contributed by atoms with Crippen molar-refractivity contribution in [3.05, 3.63) is 60.2 Å². The lowest BCUT2D eigenvalue weighted by Gasteiger charge is -2.47. The van der Waals surface area contributed by atoms with Crippen LogP contribution in [0.2, 0.25) is 0 Å². The molecule has 1 N–H and O–H groups in total. The van der Waals surface area contributed by atoms with Crippen molar-refractivity contribution in [2.75, 3.05) is 18.0 Å². The molecule has 0 radical (unpaired) electrons. The lowest BCUT2D eigenvalue weighted by atomic mass is 9.93. The monoisotopic (exact) mass is 455 g/mol. The fourth-order valence-electron chi connectivity index (χ4n) is 4.68. The first-order valence-electron chi connectivity index (χ1n) is 11.0. The molecule has 1 atom stereocenters. The summed E-state index contributed by atoms with van der Waals surface area (Å²) in [5, 5.41) is 3.09. The lowest BCUT2D eigenvalue weighted by Crippen LogP contribution is -2.70. The van der Waals surface area contributed by atoms with Crippen LogP contribution in [0.3, 0.4) is 0 Å². The summed E-state index contributed by atoms with van der Waals surface area (Å²) in [6.45, 7) is 3.10. The first kappa shape index (κ1) is 22.5. The molecule has 1 heterocycles. The molecule has 0 spiro atoms. The quantitative estimate of drug-likeness (QED) is 0.751. The molecule has 170 valence electrons. The fourth-order valence-corrected chi connectivity index (χ4v) is 6.18. The number of aryl methyl sites for hydroxylation is 1. The first-order chi connectivity index (χ1) is 15.2. The van der Waals surface area contributed by atoms with Crippen molar-refractivity contribution in [3.63, 3.8) is 0 Å². The van der Waals surface area contributed by atoms with Crippen LogP contribution in [-0.2, 0) is 19.6 Å². The summed E-state index contributed by atoms with van der Waals surface area (Å²) in [6.07, 6.45) is 3.89. The summed E-state index contributed by atoms with van der Waals surface area (Å²) >= 11 is 0. The number of sulfonamides is 1. The smallest absolute Gasteiger partial charge is 0.247 e.